The van der Waals surface area contributed by atoms with E-state index in [1.807, 2.05) is 12.1 Å². The van der Waals surface area contributed by atoms with Gasteiger partial charge in [-0.05, 0) is 63.8 Å². The summed E-state index contributed by atoms with van der Waals surface area (Å²) in [7, 11) is -3.23. The summed E-state index contributed by atoms with van der Waals surface area (Å²) in [6, 6.07) is 8.91. The average molecular weight is 465 g/mol. The van der Waals surface area contributed by atoms with Crippen LogP contribution in [0.1, 0.15) is 65.2 Å². The van der Waals surface area contributed by atoms with Crippen LogP contribution in [0.15, 0.2) is 24.3 Å². The van der Waals surface area contributed by atoms with Gasteiger partial charge in [-0.1, -0.05) is 19.3 Å². The van der Waals surface area contributed by atoms with E-state index in [-0.39, 0.29) is 5.91 Å². The molecular weight excluding hydrogens is 424 g/mol. The zero-order chi connectivity index (χ0) is 23.0. The Morgan fingerprint density at radius 1 is 1.00 bits per heavy atom. The van der Waals surface area contributed by atoms with Crippen molar-refractivity contribution in [1.82, 2.24) is 9.62 Å². The predicted molar refractivity (Wildman–Crippen MR) is 132 cm³/mol. The fourth-order valence-corrected chi connectivity index (χ4v) is 5.32. The third-order valence-corrected chi connectivity index (χ3v) is 8.52. The molecule has 1 aliphatic heterocycles. The van der Waals surface area contributed by atoms with E-state index >= 15 is 0 Å². The number of benzene rings is 1. The number of anilines is 2. The Bertz CT molecular complexity index is 812. The van der Waals surface area contributed by atoms with Crippen LogP contribution in [0.3, 0.4) is 0 Å². The molecule has 2 aliphatic rings. The lowest BCUT2D eigenvalue weighted by molar-refractivity contribution is -0.116. The first-order valence-corrected chi connectivity index (χ1v) is 13.8. The van der Waals surface area contributed by atoms with Crippen LogP contribution in [-0.4, -0.2) is 63.2 Å². The molecule has 1 saturated carbocycles. The molecule has 0 unspecified atom stereocenters. The monoisotopic (exact) mass is 464 g/mol. The van der Waals surface area contributed by atoms with Crippen molar-refractivity contribution in [2.24, 2.45) is 0 Å². The third kappa shape index (κ3) is 7.46. The fourth-order valence-electron chi connectivity index (χ4n) is 4.56. The Labute approximate surface area is 194 Å². The van der Waals surface area contributed by atoms with Gasteiger partial charge in [-0.15, -0.1) is 0 Å². The first kappa shape index (κ1) is 25.0. The number of carbonyl (C=O) groups excluding carboxylic acids is 1. The summed E-state index contributed by atoms with van der Waals surface area (Å²) in [5, 5.41) is 2.51. The summed E-state index contributed by atoms with van der Waals surface area (Å²) in [5.74, 6) is -0.0365. The Balaban J connectivity index is 1.35. The molecule has 1 heterocycles. The second kappa shape index (κ2) is 12.0. The summed E-state index contributed by atoms with van der Waals surface area (Å²) in [6.07, 6.45) is 8.57. The van der Waals surface area contributed by atoms with Gasteiger partial charge in [-0.3, -0.25) is 9.69 Å². The van der Waals surface area contributed by atoms with Crippen molar-refractivity contribution < 1.29 is 13.2 Å². The van der Waals surface area contributed by atoms with Crippen LogP contribution < -0.4 is 14.9 Å². The summed E-state index contributed by atoms with van der Waals surface area (Å²) in [4.78, 5) is 17.3. The lowest BCUT2D eigenvalue weighted by Gasteiger charge is -2.41. The predicted octanol–water partition coefficient (Wildman–Crippen LogP) is 3.58. The van der Waals surface area contributed by atoms with E-state index in [4.69, 9.17) is 0 Å². The summed E-state index contributed by atoms with van der Waals surface area (Å²) in [6.45, 7) is 8.06. The van der Waals surface area contributed by atoms with Crippen LogP contribution in [0.5, 0.6) is 0 Å². The van der Waals surface area contributed by atoms with Crippen LogP contribution >= 0.6 is 0 Å². The lowest BCUT2D eigenvalue weighted by atomic mass is 9.94. The van der Waals surface area contributed by atoms with Gasteiger partial charge in [0.05, 0.1) is 5.25 Å². The molecule has 1 aliphatic carbocycles. The summed E-state index contributed by atoms with van der Waals surface area (Å²) < 4.78 is 26.0. The maximum atomic E-state index is 12.2. The van der Waals surface area contributed by atoms with Crippen LogP contribution in [-0.2, 0) is 14.8 Å². The van der Waals surface area contributed by atoms with Gasteiger partial charge < -0.3 is 10.2 Å². The largest absolute Gasteiger partial charge is 0.369 e. The molecule has 2 fully saturated rings. The van der Waals surface area contributed by atoms with E-state index in [0.717, 1.165) is 37.9 Å². The Kier molecular flexibility index (Phi) is 9.37. The number of rotatable bonds is 10. The maximum absolute atomic E-state index is 12.2. The standard InChI is InChI=1S/C24H40N4O3S/c1-20(2)32(30,31)25-15-7-6-10-24(29)26-21-11-13-23(14-12-21)28-18-16-27(17-19-28)22-8-4-3-5-9-22/h11-14,20,22,25H,3-10,15-19H2,1-2H3,(H,26,29). The maximum Gasteiger partial charge on any atom is 0.224 e. The van der Waals surface area contributed by atoms with Crippen molar-refractivity contribution in [1.29, 1.82) is 0 Å². The normalized spacial score (nSPS) is 18.8. The molecule has 1 saturated heterocycles. The fraction of sp³-hybridized carbons (Fsp3) is 0.708. The molecule has 0 bridgehead atoms. The average Bonchev–Trinajstić information content (AvgIpc) is 2.80. The van der Waals surface area contributed by atoms with Crippen molar-refractivity contribution in [2.45, 2.75) is 76.5 Å². The zero-order valence-electron chi connectivity index (χ0n) is 19.7. The number of unbranched alkanes of at least 4 members (excludes halogenated alkanes) is 1. The van der Waals surface area contributed by atoms with E-state index in [2.05, 4.69) is 32.0 Å². The molecule has 0 atom stereocenters. The Morgan fingerprint density at radius 3 is 2.28 bits per heavy atom. The smallest absolute Gasteiger partial charge is 0.224 e. The second-order valence-corrected chi connectivity index (χ2v) is 11.7. The van der Waals surface area contributed by atoms with E-state index in [1.54, 1.807) is 13.8 Å². The molecule has 1 aromatic rings. The molecule has 180 valence electrons. The van der Waals surface area contributed by atoms with Crippen molar-refractivity contribution in [3.05, 3.63) is 24.3 Å². The van der Waals surface area contributed by atoms with Crippen LogP contribution in [0, 0.1) is 0 Å². The minimum atomic E-state index is -3.23. The van der Waals surface area contributed by atoms with Gasteiger partial charge in [0, 0.05) is 56.6 Å². The lowest BCUT2D eigenvalue weighted by Crippen LogP contribution is -2.50. The zero-order valence-corrected chi connectivity index (χ0v) is 20.5. The van der Waals surface area contributed by atoms with Gasteiger partial charge in [-0.25, -0.2) is 13.1 Å². The van der Waals surface area contributed by atoms with Crippen molar-refractivity contribution in [2.75, 3.05) is 42.9 Å². The molecule has 0 radical (unpaired) electrons. The minimum Gasteiger partial charge on any atom is -0.369 e. The molecule has 8 heteroatoms. The van der Waals surface area contributed by atoms with Crippen molar-refractivity contribution in [3.8, 4) is 0 Å². The molecule has 1 aromatic carbocycles. The van der Waals surface area contributed by atoms with Gasteiger partial charge in [0.1, 0.15) is 0 Å². The van der Waals surface area contributed by atoms with Gasteiger partial charge >= 0.3 is 0 Å². The molecule has 0 spiro atoms. The van der Waals surface area contributed by atoms with Crippen LogP contribution in [0.4, 0.5) is 11.4 Å². The molecule has 7 nitrogen and oxygen atoms in total. The van der Waals surface area contributed by atoms with Crippen molar-refractivity contribution in [3.63, 3.8) is 0 Å². The van der Waals surface area contributed by atoms with E-state index in [9.17, 15) is 13.2 Å². The van der Waals surface area contributed by atoms with Gasteiger partial charge in [-0.2, -0.15) is 0 Å². The van der Waals surface area contributed by atoms with Crippen molar-refractivity contribution >= 4 is 27.3 Å². The Hall–Kier alpha value is -1.64. The van der Waals surface area contributed by atoms with Crippen LogP contribution in [0.2, 0.25) is 0 Å². The van der Waals surface area contributed by atoms with Gasteiger partial charge in [0.15, 0.2) is 0 Å². The summed E-state index contributed by atoms with van der Waals surface area (Å²) >= 11 is 0. The summed E-state index contributed by atoms with van der Waals surface area (Å²) in [5.41, 5.74) is 2.02. The molecule has 3 rings (SSSR count). The third-order valence-electron chi connectivity index (χ3n) is 6.68. The highest BCUT2D eigenvalue weighted by molar-refractivity contribution is 7.90. The molecule has 0 aromatic heterocycles. The minimum absolute atomic E-state index is 0.0365. The molecule has 1 amide bonds. The number of hydrogen-bond acceptors (Lipinski definition) is 5. The highest BCUT2D eigenvalue weighted by atomic mass is 32.2. The number of piperazine rings is 1. The number of amides is 1. The van der Waals surface area contributed by atoms with Gasteiger partial charge in [0.2, 0.25) is 15.9 Å². The number of nitrogens with zero attached hydrogens (tertiary/aromatic N) is 2. The topological polar surface area (TPSA) is 81.7 Å². The number of hydrogen-bond donors (Lipinski definition) is 2. The van der Waals surface area contributed by atoms with E-state index in [0.29, 0.717) is 25.8 Å². The molecular formula is C24H40N4O3S. The number of carbonyl (C=O) groups is 1. The number of sulfonamides is 1. The van der Waals surface area contributed by atoms with Crippen LogP contribution in [0.25, 0.3) is 0 Å². The van der Waals surface area contributed by atoms with E-state index < -0.39 is 15.3 Å². The van der Waals surface area contributed by atoms with E-state index in [1.165, 1.54) is 37.8 Å². The van der Waals surface area contributed by atoms with Gasteiger partial charge in [0.25, 0.3) is 0 Å². The highest BCUT2D eigenvalue weighted by Gasteiger charge is 2.25. The quantitative estimate of drug-likeness (QED) is 0.517. The SMILES string of the molecule is CC(C)S(=O)(=O)NCCCCC(=O)Nc1ccc(N2CCN(C3CCCCC3)CC2)cc1. The second-order valence-electron chi connectivity index (χ2n) is 9.36. The molecule has 32 heavy (non-hydrogen) atoms. The first-order valence-electron chi connectivity index (χ1n) is 12.2. The highest BCUT2D eigenvalue weighted by Crippen LogP contribution is 2.25. The molecule has 2 N–H and O–H groups in total. The number of nitrogens with one attached hydrogen (secondary N) is 2. The Morgan fingerprint density at radius 2 is 1.66 bits per heavy atom. The first-order chi connectivity index (χ1) is 15.3.